The third-order valence-corrected chi connectivity index (χ3v) is 7.71. The second-order valence-electron chi connectivity index (χ2n) is 10.2. The summed E-state index contributed by atoms with van der Waals surface area (Å²) in [4.78, 5) is 0. The number of hydrogen-bond acceptors (Lipinski definition) is 2. The molecule has 0 N–H and O–H groups in total. The molecule has 180 valence electrons. The predicted molar refractivity (Wildman–Crippen MR) is 135 cm³/mol. The van der Waals surface area contributed by atoms with E-state index < -0.39 is 5.83 Å². The number of aryl methyl sites for hydroxylation is 1. The molecular formula is C30H42FNO. The van der Waals surface area contributed by atoms with E-state index in [2.05, 4.69) is 31.2 Å². The number of unbranched alkanes of at least 4 members (excludes halogenated alkanes) is 1. The van der Waals surface area contributed by atoms with E-state index in [4.69, 9.17) is 10.00 Å². The van der Waals surface area contributed by atoms with Crippen LogP contribution >= 0.6 is 0 Å². The van der Waals surface area contributed by atoms with Crippen molar-refractivity contribution in [3.63, 3.8) is 0 Å². The molecule has 0 spiro atoms. The minimum absolute atomic E-state index is 0.442. The van der Waals surface area contributed by atoms with Gasteiger partial charge in [-0.1, -0.05) is 49.8 Å². The van der Waals surface area contributed by atoms with Gasteiger partial charge < -0.3 is 4.74 Å². The first-order chi connectivity index (χ1) is 16.2. The average molecular weight is 452 g/mol. The number of hydrogen-bond donors (Lipinski definition) is 0. The summed E-state index contributed by atoms with van der Waals surface area (Å²) in [5, 5.41) is 8.40. The fourth-order valence-electron chi connectivity index (χ4n) is 5.48. The molecule has 0 amide bonds. The fraction of sp³-hybridized carbons (Fsp3) is 0.633. The Morgan fingerprint density at radius 3 is 2.39 bits per heavy atom. The zero-order valence-corrected chi connectivity index (χ0v) is 20.5. The first kappa shape index (κ1) is 25.7. The normalized spacial score (nSPS) is 26.4. The Balaban J connectivity index is 1.27. The van der Waals surface area contributed by atoms with Crippen molar-refractivity contribution in [3.05, 3.63) is 59.4 Å². The summed E-state index contributed by atoms with van der Waals surface area (Å²) in [6.45, 7) is 3.20. The van der Waals surface area contributed by atoms with Crippen LogP contribution in [0.5, 0.6) is 0 Å². The molecule has 0 aromatic heterocycles. The van der Waals surface area contributed by atoms with Crippen molar-refractivity contribution < 1.29 is 9.13 Å². The van der Waals surface area contributed by atoms with E-state index in [-0.39, 0.29) is 0 Å². The van der Waals surface area contributed by atoms with Crippen LogP contribution < -0.4 is 0 Å². The minimum atomic E-state index is -0.728. The van der Waals surface area contributed by atoms with E-state index >= 15 is 0 Å². The number of allylic oxidation sites excluding steroid dienone is 4. The molecular weight excluding hydrogens is 409 g/mol. The van der Waals surface area contributed by atoms with Gasteiger partial charge in [-0.05, 0) is 112 Å². The Hall–Kier alpha value is -1.92. The number of benzene rings is 1. The zero-order chi connectivity index (χ0) is 23.3. The highest BCUT2D eigenvalue weighted by Crippen LogP contribution is 2.37. The molecule has 0 unspecified atom stereocenters. The van der Waals surface area contributed by atoms with Crippen LogP contribution in [-0.2, 0) is 11.2 Å². The number of nitriles is 1. The van der Waals surface area contributed by atoms with Crippen molar-refractivity contribution in [1.29, 1.82) is 5.26 Å². The third-order valence-electron chi connectivity index (χ3n) is 7.71. The predicted octanol–water partition coefficient (Wildman–Crippen LogP) is 8.59. The molecule has 3 heteroatoms. The van der Waals surface area contributed by atoms with Crippen LogP contribution in [0.2, 0.25) is 0 Å². The Labute approximate surface area is 200 Å². The van der Waals surface area contributed by atoms with Gasteiger partial charge in [-0.15, -0.1) is 0 Å². The Morgan fingerprint density at radius 2 is 1.73 bits per heavy atom. The topological polar surface area (TPSA) is 33.0 Å². The van der Waals surface area contributed by atoms with Crippen molar-refractivity contribution in [3.8, 4) is 6.07 Å². The molecule has 2 fully saturated rings. The largest absolute Gasteiger partial charge is 0.378 e. The Kier molecular flexibility index (Phi) is 11.2. The van der Waals surface area contributed by atoms with Crippen LogP contribution in [0.3, 0.4) is 0 Å². The second-order valence-corrected chi connectivity index (χ2v) is 10.2. The quantitative estimate of drug-likeness (QED) is 0.249. The SMILES string of the molecule is CCCCc1ccc([C@H]2CC[C@H](CO[C@H]3CC[C@H](CC/C=C/C=C(\F)C#N)CC3)CC2)cc1. The maximum atomic E-state index is 12.7. The van der Waals surface area contributed by atoms with Gasteiger partial charge in [-0.25, -0.2) is 0 Å². The Bertz CT molecular complexity index is 775. The average Bonchev–Trinajstić information content (AvgIpc) is 2.87. The highest BCUT2D eigenvalue weighted by atomic mass is 19.1. The molecule has 2 nitrogen and oxygen atoms in total. The fourth-order valence-corrected chi connectivity index (χ4v) is 5.48. The van der Waals surface area contributed by atoms with Gasteiger partial charge in [0, 0.05) is 6.61 Å². The van der Waals surface area contributed by atoms with Crippen LogP contribution in [-0.4, -0.2) is 12.7 Å². The van der Waals surface area contributed by atoms with Crippen LogP contribution in [0.25, 0.3) is 0 Å². The summed E-state index contributed by atoms with van der Waals surface area (Å²) in [6.07, 6.45) is 21.2. The van der Waals surface area contributed by atoms with E-state index in [0.29, 0.717) is 6.10 Å². The van der Waals surface area contributed by atoms with Gasteiger partial charge in [0.25, 0.3) is 0 Å². The van der Waals surface area contributed by atoms with E-state index in [1.54, 1.807) is 6.08 Å². The van der Waals surface area contributed by atoms with Crippen LogP contribution in [0, 0.1) is 23.2 Å². The lowest BCUT2D eigenvalue weighted by molar-refractivity contribution is -0.00824. The Morgan fingerprint density at radius 1 is 1.03 bits per heavy atom. The molecule has 0 radical (unpaired) electrons. The molecule has 0 heterocycles. The summed E-state index contributed by atoms with van der Waals surface area (Å²) in [7, 11) is 0. The van der Waals surface area contributed by atoms with Crippen molar-refractivity contribution >= 4 is 0 Å². The summed E-state index contributed by atoms with van der Waals surface area (Å²) in [5.74, 6) is 1.49. The van der Waals surface area contributed by atoms with Gasteiger partial charge in [0.15, 0.2) is 5.83 Å². The van der Waals surface area contributed by atoms with Crippen LogP contribution in [0.4, 0.5) is 4.39 Å². The van der Waals surface area contributed by atoms with Gasteiger partial charge in [0.1, 0.15) is 6.07 Å². The second kappa shape index (κ2) is 14.4. The summed E-state index contributed by atoms with van der Waals surface area (Å²) >= 11 is 0. The highest BCUT2D eigenvalue weighted by Gasteiger charge is 2.25. The maximum Gasteiger partial charge on any atom is 0.199 e. The van der Waals surface area contributed by atoms with Gasteiger partial charge in [-0.2, -0.15) is 9.65 Å². The first-order valence-corrected chi connectivity index (χ1v) is 13.3. The highest BCUT2D eigenvalue weighted by molar-refractivity contribution is 5.26. The summed E-state index contributed by atoms with van der Waals surface area (Å²) in [5.41, 5.74) is 3.02. The molecule has 33 heavy (non-hydrogen) atoms. The summed E-state index contributed by atoms with van der Waals surface area (Å²) in [6, 6.07) is 10.9. The third kappa shape index (κ3) is 9.09. The maximum absolute atomic E-state index is 12.7. The van der Waals surface area contributed by atoms with Crippen LogP contribution in [0.15, 0.2) is 48.3 Å². The van der Waals surface area contributed by atoms with Crippen molar-refractivity contribution in [2.45, 2.75) is 102 Å². The smallest absolute Gasteiger partial charge is 0.199 e. The molecule has 0 saturated heterocycles. The number of ether oxygens (including phenoxy) is 1. The molecule has 1 aromatic carbocycles. The monoisotopic (exact) mass is 451 g/mol. The molecule has 2 aliphatic rings. The number of rotatable bonds is 11. The summed E-state index contributed by atoms with van der Waals surface area (Å²) < 4.78 is 19.1. The van der Waals surface area contributed by atoms with Gasteiger partial charge in [0.2, 0.25) is 0 Å². The lowest BCUT2D eigenvalue weighted by atomic mass is 9.78. The zero-order valence-electron chi connectivity index (χ0n) is 20.5. The van der Waals surface area contributed by atoms with Crippen molar-refractivity contribution in [2.24, 2.45) is 11.8 Å². The lowest BCUT2D eigenvalue weighted by Crippen LogP contribution is -2.25. The molecule has 0 atom stereocenters. The van der Waals surface area contributed by atoms with Crippen molar-refractivity contribution in [2.75, 3.05) is 6.61 Å². The minimum Gasteiger partial charge on any atom is -0.378 e. The van der Waals surface area contributed by atoms with Gasteiger partial charge in [0.05, 0.1) is 6.10 Å². The van der Waals surface area contributed by atoms with Crippen molar-refractivity contribution in [1.82, 2.24) is 0 Å². The molecule has 0 aliphatic heterocycles. The van der Waals surface area contributed by atoms with E-state index in [1.807, 2.05) is 6.08 Å². The van der Waals surface area contributed by atoms with E-state index in [9.17, 15) is 4.39 Å². The van der Waals surface area contributed by atoms with E-state index in [0.717, 1.165) is 37.2 Å². The number of halogens is 1. The number of nitrogens with zero attached hydrogens (tertiary/aromatic N) is 1. The standard InChI is InChI=1S/C30H42FNO/c1-2-3-7-24-10-16-27(17-11-24)28-18-12-26(13-19-28)23-33-30-20-14-25(15-21-30)8-5-4-6-9-29(31)22-32/h4,6,9-11,16-17,25-26,28,30H,2-3,5,7-8,12-15,18-21,23H2,1H3/b6-4+,29-9-/t25-,26-,28-,30-. The molecule has 2 aliphatic carbocycles. The molecule has 3 rings (SSSR count). The lowest BCUT2D eigenvalue weighted by Gasteiger charge is -2.32. The van der Waals surface area contributed by atoms with Gasteiger partial charge >= 0.3 is 0 Å². The van der Waals surface area contributed by atoms with Crippen LogP contribution in [0.1, 0.15) is 101 Å². The molecule has 2 saturated carbocycles. The molecule has 1 aromatic rings. The molecule has 0 bridgehead atoms. The van der Waals surface area contributed by atoms with E-state index in [1.165, 1.54) is 93.9 Å². The van der Waals surface area contributed by atoms with Gasteiger partial charge in [-0.3, -0.25) is 0 Å². The first-order valence-electron chi connectivity index (χ1n) is 13.3.